The van der Waals surface area contributed by atoms with Crippen molar-refractivity contribution in [3.05, 3.63) is 57.6 Å². The highest BCUT2D eigenvalue weighted by atomic mass is 79.9. The first kappa shape index (κ1) is 17.8. The molecule has 0 bridgehead atoms. The Morgan fingerprint density at radius 2 is 1.79 bits per heavy atom. The van der Waals surface area contributed by atoms with Crippen molar-refractivity contribution >= 4 is 33.6 Å². The fourth-order valence-electron chi connectivity index (χ4n) is 2.11. The average molecular weight is 394 g/mol. The van der Waals surface area contributed by atoms with Crippen molar-refractivity contribution in [2.75, 3.05) is 19.5 Å². The number of nitrogens with one attached hydrogen (secondary N) is 1. The van der Waals surface area contributed by atoms with Crippen LogP contribution in [0.4, 0.5) is 5.69 Å². The van der Waals surface area contributed by atoms with Crippen LogP contribution >= 0.6 is 15.9 Å². The smallest absolute Gasteiger partial charge is 0.339 e. The zero-order chi connectivity index (χ0) is 17.7. The summed E-state index contributed by atoms with van der Waals surface area (Å²) < 4.78 is 10.2. The number of phenolic OH excluding ortho intramolecular Hbond substituents is 1. The zero-order valence-electron chi connectivity index (χ0n) is 13.1. The van der Waals surface area contributed by atoms with Gasteiger partial charge in [-0.25, -0.2) is 9.59 Å². The van der Waals surface area contributed by atoms with Crippen LogP contribution in [0.5, 0.6) is 5.75 Å². The fourth-order valence-corrected chi connectivity index (χ4v) is 2.52. The van der Waals surface area contributed by atoms with Crippen LogP contribution in [-0.4, -0.2) is 31.3 Å². The van der Waals surface area contributed by atoms with Crippen LogP contribution in [0, 0.1) is 0 Å². The number of phenols is 1. The molecule has 0 unspecified atom stereocenters. The lowest BCUT2D eigenvalue weighted by molar-refractivity contribution is 0.0587. The van der Waals surface area contributed by atoms with Gasteiger partial charge in [0.25, 0.3) is 0 Å². The lowest BCUT2D eigenvalue weighted by Gasteiger charge is -2.13. The summed E-state index contributed by atoms with van der Waals surface area (Å²) in [5.74, 6) is -0.929. The number of carbonyl (C=O) groups is 2. The number of ether oxygens (including phenoxy) is 2. The van der Waals surface area contributed by atoms with Crippen LogP contribution in [0.3, 0.4) is 0 Å². The molecule has 0 aliphatic heterocycles. The van der Waals surface area contributed by atoms with E-state index in [1.165, 1.54) is 32.4 Å². The van der Waals surface area contributed by atoms with Crippen LogP contribution in [0.25, 0.3) is 0 Å². The summed E-state index contributed by atoms with van der Waals surface area (Å²) in [6.07, 6.45) is 0. The van der Waals surface area contributed by atoms with Gasteiger partial charge in [-0.2, -0.15) is 0 Å². The van der Waals surface area contributed by atoms with E-state index in [4.69, 9.17) is 4.74 Å². The molecule has 0 atom stereocenters. The number of rotatable bonds is 5. The minimum Gasteiger partial charge on any atom is -0.508 e. The second-order valence-electron chi connectivity index (χ2n) is 4.87. The molecule has 0 saturated carbocycles. The van der Waals surface area contributed by atoms with Gasteiger partial charge >= 0.3 is 11.9 Å². The topological polar surface area (TPSA) is 84.9 Å². The number of aromatic hydroxyl groups is 1. The molecule has 0 fully saturated rings. The van der Waals surface area contributed by atoms with Gasteiger partial charge in [0.05, 0.1) is 25.3 Å². The molecule has 0 aliphatic rings. The third kappa shape index (κ3) is 4.05. The summed E-state index contributed by atoms with van der Waals surface area (Å²) in [4.78, 5) is 23.6. The van der Waals surface area contributed by atoms with Crippen molar-refractivity contribution in [3.8, 4) is 5.75 Å². The number of carbonyl (C=O) groups excluding carboxylic acids is 2. The van der Waals surface area contributed by atoms with Crippen molar-refractivity contribution in [1.29, 1.82) is 0 Å². The van der Waals surface area contributed by atoms with E-state index >= 15 is 0 Å². The molecule has 2 aromatic rings. The molecule has 0 aromatic heterocycles. The van der Waals surface area contributed by atoms with Gasteiger partial charge in [-0.05, 0) is 36.4 Å². The number of methoxy groups -OCH3 is 2. The van der Waals surface area contributed by atoms with Gasteiger partial charge in [-0.15, -0.1) is 0 Å². The molecule has 2 aromatic carbocycles. The Labute approximate surface area is 147 Å². The molecule has 0 saturated heterocycles. The molecule has 2 rings (SSSR count). The number of esters is 2. The average Bonchev–Trinajstić information content (AvgIpc) is 2.60. The third-order valence-corrected chi connectivity index (χ3v) is 3.85. The first-order chi connectivity index (χ1) is 11.5. The van der Waals surface area contributed by atoms with Gasteiger partial charge in [-0.1, -0.05) is 15.9 Å². The van der Waals surface area contributed by atoms with E-state index in [9.17, 15) is 14.7 Å². The molecule has 24 heavy (non-hydrogen) atoms. The minimum atomic E-state index is -0.535. The molecule has 6 nitrogen and oxygen atoms in total. The summed E-state index contributed by atoms with van der Waals surface area (Å²) >= 11 is 3.34. The van der Waals surface area contributed by atoms with Gasteiger partial charge < -0.3 is 19.9 Å². The van der Waals surface area contributed by atoms with Gasteiger partial charge in [-0.3, -0.25) is 0 Å². The lowest BCUT2D eigenvalue weighted by atomic mass is 10.1. The quantitative estimate of drug-likeness (QED) is 0.757. The Bertz CT molecular complexity index is 776. The van der Waals surface area contributed by atoms with E-state index in [-0.39, 0.29) is 17.9 Å². The third-order valence-electron chi connectivity index (χ3n) is 3.36. The molecule has 0 heterocycles. The normalized spacial score (nSPS) is 10.1. The first-order valence-electron chi connectivity index (χ1n) is 6.98. The van der Waals surface area contributed by atoms with E-state index in [1.54, 1.807) is 18.2 Å². The Morgan fingerprint density at radius 1 is 1.08 bits per heavy atom. The van der Waals surface area contributed by atoms with E-state index in [2.05, 4.69) is 26.0 Å². The monoisotopic (exact) mass is 393 g/mol. The number of hydrogen-bond acceptors (Lipinski definition) is 6. The standard InChI is InChI=1S/C17H16BrNO5/c1-23-16(21)10-3-5-13(17(22)24-2)14(8-10)19-9-11-7-12(18)4-6-15(11)20/h3-8,19-20H,9H2,1-2H3. The number of benzene rings is 2. The van der Waals surface area contributed by atoms with Crippen molar-refractivity contribution in [3.63, 3.8) is 0 Å². The second kappa shape index (κ2) is 7.83. The highest BCUT2D eigenvalue weighted by Gasteiger charge is 2.16. The van der Waals surface area contributed by atoms with Crippen molar-refractivity contribution in [2.24, 2.45) is 0 Å². The lowest BCUT2D eigenvalue weighted by Crippen LogP contribution is -2.11. The summed E-state index contributed by atoms with van der Waals surface area (Å²) in [6, 6.07) is 9.52. The van der Waals surface area contributed by atoms with Crippen LogP contribution in [-0.2, 0) is 16.0 Å². The molecular formula is C17H16BrNO5. The predicted octanol–water partition coefficient (Wildman–Crippen LogP) is 3.34. The van der Waals surface area contributed by atoms with Crippen molar-refractivity contribution in [2.45, 2.75) is 6.54 Å². The van der Waals surface area contributed by atoms with E-state index in [0.717, 1.165) is 4.47 Å². The second-order valence-corrected chi connectivity index (χ2v) is 5.79. The molecule has 0 radical (unpaired) electrons. The Hall–Kier alpha value is -2.54. The molecule has 0 spiro atoms. The molecule has 126 valence electrons. The summed E-state index contributed by atoms with van der Waals surface area (Å²) in [5, 5.41) is 12.9. The van der Waals surface area contributed by atoms with Crippen molar-refractivity contribution < 1.29 is 24.2 Å². The number of anilines is 1. The Morgan fingerprint density at radius 3 is 2.46 bits per heavy atom. The highest BCUT2D eigenvalue weighted by molar-refractivity contribution is 9.10. The molecule has 2 N–H and O–H groups in total. The van der Waals surface area contributed by atoms with E-state index in [0.29, 0.717) is 16.8 Å². The summed E-state index contributed by atoms with van der Waals surface area (Å²) in [6.45, 7) is 0.250. The fraction of sp³-hybridized carbons (Fsp3) is 0.176. The molecule has 0 aliphatic carbocycles. The number of halogens is 1. The maximum atomic E-state index is 11.9. The maximum Gasteiger partial charge on any atom is 0.339 e. The Balaban J connectivity index is 2.33. The Kier molecular flexibility index (Phi) is 5.81. The summed E-state index contributed by atoms with van der Waals surface area (Å²) in [5.41, 5.74) is 1.61. The SMILES string of the molecule is COC(=O)c1ccc(C(=O)OC)c(NCc2cc(Br)ccc2O)c1. The summed E-state index contributed by atoms with van der Waals surface area (Å²) in [7, 11) is 2.56. The first-order valence-corrected chi connectivity index (χ1v) is 7.77. The molecular weight excluding hydrogens is 378 g/mol. The van der Waals surface area contributed by atoms with Gasteiger partial charge in [0, 0.05) is 22.3 Å². The van der Waals surface area contributed by atoms with E-state index in [1.807, 2.05) is 0 Å². The van der Waals surface area contributed by atoms with Gasteiger partial charge in [0.2, 0.25) is 0 Å². The largest absolute Gasteiger partial charge is 0.508 e. The van der Waals surface area contributed by atoms with E-state index < -0.39 is 11.9 Å². The van der Waals surface area contributed by atoms with Crippen LogP contribution in [0.15, 0.2) is 40.9 Å². The van der Waals surface area contributed by atoms with Gasteiger partial charge in [0.1, 0.15) is 5.75 Å². The molecule has 0 amide bonds. The maximum absolute atomic E-state index is 11.9. The van der Waals surface area contributed by atoms with Crippen LogP contribution in [0.1, 0.15) is 26.3 Å². The van der Waals surface area contributed by atoms with Crippen LogP contribution in [0.2, 0.25) is 0 Å². The predicted molar refractivity (Wildman–Crippen MR) is 92.3 cm³/mol. The molecule has 7 heteroatoms. The minimum absolute atomic E-state index is 0.120. The van der Waals surface area contributed by atoms with Gasteiger partial charge in [0.15, 0.2) is 0 Å². The van der Waals surface area contributed by atoms with Crippen molar-refractivity contribution in [1.82, 2.24) is 0 Å². The zero-order valence-corrected chi connectivity index (χ0v) is 14.7. The number of hydrogen-bond donors (Lipinski definition) is 2. The van der Waals surface area contributed by atoms with Crippen LogP contribution < -0.4 is 5.32 Å². The highest BCUT2D eigenvalue weighted by Crippen LogP contribution is 2.25.